The van der Waals surface area contributed by atoms with Gasteiger partial charge in [0.25, 0.3) is 0 Å². The maximum absolute atomic E-state index is 12.1. The Balaban J connectivity index is 2.85. The van der Waals surface area contributed by atoms with E-state index in [4.69, 9.17) is 5.26 Å². The lowest BCUT2D eigenvalue weighted by molar-refractivity contribution is -0.129. The van der Waals surface area contributed by atoms with Crippen LogP contribution in [0.3, 0.4) is 0 Å². The molecule has 0 aromatic heterocycles. The fourth-order valence-corrected chi connectivity index (χ4v) is 3.04. The second-order valence-corrected chi connectivity index (χ2v) is 7.32. The molecule has 0 saturated carbocycles. The monoisotopic (exact) mass is 337 g/mol. The van der Waals surface area contributed by atoms with Crippen molar-refractivity contribution in [1.82, 2.24) is 4.90 Å². The van der Waals surface area contributed by atoms with Crippen LogP contribution < -0.4 is 4.31 Å². The van der Waals surface area contributed by atoms with Crippen molar-refractivity contribution in [3.8, 4) is 6.07 Å². The molecule has 126 valence electrons. The van der Waals surface area contributed by atoms with Crippen molar-refractivity contribution in [2.45, 2.75) is 26.2 Å². The topological polar surface area (TPSA) is 81.5 Å². The molecule has 1 aromatic rings. The van der Waals surface area contributed by atoms with Gasteiger partial charge < -0.3 is 4.90 Å². The van der Waals surface area contributed by atoms with Crippen LogP contribution in [0.5, 0.6) is 0 Å². The highest BCUT2D eigenvalue weighted by Gasteiger charge is 2.20. The van der Waals surface area contributed by atoms with E-state index in [1.807, 2.05) is 13.0 Å². The van der Waals surface area contributed by atoms with Crippen LogP contribution in [0.1, 0.15) is 31.7 Å². The highest BCUT2D eigenvalue weighted by atomic mass is 32.2. The Hall–Kier alpha value is -2.07. The van der Waals surface area contributed by atoms with Gasteiger partial charge in [-0.15, -0.1) is 0 Å². The number of nitriles is 1. The zero-order chi connectivity index (χ0) is 17.5. The zero-order valence-electron chi connectivity index (χ0n) is 13.8. The summed E-state index contributed by atoms with van der Waals surface area (Å²) in [6.45, 7) is 2.77. The van der Waals surface area contributed by atoms with Crippen molar-refractivity contribution in [2.75, 3.05) is 30.7 Å². The van der Waals surface area contributed by atoms with Crippen LogP contribution in [-0.4, -0.2) is 45.6 Å². The number of anilines is 1. The van der Waals surface area contributed by atoms with Gasteiger partial charge in [-0.1, -0.05) is 19.4 Å². The van der Waals surface area contributed by atoms with E-state index < -0.39 is 10.0 Å². The normalized spacial score (nSPS) is 10.9. The summed E-state index contributed by atoms with van der Waals surface area (Å²) in [4.78, 5) is 13.7. The van der Waals surface area contributed by atoms with E-state index in [1.54, 1.807) is 30.1 Å². The Morgan fingerprint density at radius 2 is 2.00 bits per heavy atom. The minimum Gasteiger partial charge on any atom is -0.346 e. The van der Waals surface area contributed by atoms with E-state index in [0.717, 1.165) is 19.1 Å². The first-order valence-electron chi connectivity index (χ1n) is 7.51. The van der Waals surface area contributed by atoms with E-state index in [-0.39, 0.29) is 18.9 Å². The van der Waals surface area contributed by atoms with E-state index in [9.17, 15) is 13.2 Å². The van der Waals surface area contributed by atoms with Crippen LogP contribution in [0.25, 0.3) is 0 Å². The molecule has 0 radical (unpaired) electrons. The molecule has 0 fully saturated rings. The number of carbonyl (C=O) groups excluding carboxylic acids is 1. The smallest absolute Gasteiger partial charge is 0.232 e. The average molecular weight is 337 g/mol. The lowest BCUT2D eigenvalue weighted by Crippen LogP contribution is -2.35. The quantitative estimate of drug-likeness (QED) is 0.726. The van der Waals surface area contributed by atoms with Crippen LogP contribution in [0, 0.1) is 11.3 Å². The van der Waals surface area contributed by atoms with Crippen molar-refractivity contribution < 1.29 is 13.2 Å². The highest BCUT2D eigenvalue weighted by molar-refractivity contribution is 7.92. The second kappa shape index (κ2) is 8.53. The standard InChI is InChI=1S/C16H23N3O3S/c1-4-5-10-18(2)16(20)9-11-19(23(3,21)22)15-8-6-7-14(12-15)13-17/h6-8,12H,4-5,9-11H2,1-3H3. The maximum Gasteiger partial charge on any atom is 0.232 e. The molecule has 0 spiro atoms. The Bertz CT molecular complexity index is 680. The number of hydrogen-bond donors (Lipinski definition) is 0. The largest absolute Gasteiger partial charge is 0.346 e. The summed E-state index contributed by atoms with van der Waals surface area (Å²) in [6.07, 6.45) is 3.11. The lowest BCUT2D eigenvalue weighted by atomic mass is 10.2. The summed E-state index contributed by atoms with van der Waals surface area (Å²) in [6, 6.07) is 8.34. The van der Waals surface area contributed by atoms with Gasteiger partial charge in [-0.3, -0.25) is 9.10 Å². The first-order valence-corrected chi connectivity index (χ1v) is 9.36. The van der Waals surface area contributed by atoms with E-state index in [0.29, 0.717) is 17.8 Å². The minimum atomic E-state index is -3.53. The summed E-state index contributed by atoms with van der Waals surface area (Å²) in [5, 5.41) is 8.94. The van der Waals surface area contributed by atoms with E-state index in [2.05, 4.69) is 0 Å². The molecule has 1 aromatic carbocycles. The van der Waals surface area contributed by atoms with Crippen molar-refractivity contribution in [1.29, 1.82) is 5.26 Å². The minimum absolute atomic E-state index is 0.0585. The second-order valence-electron chi connectivity index (χ2n) is 5.42. The van der Waals surface area contributed by atoms with Gasteiger partial charge in [0.2, 0.25) is 15.9 Å². The van der Waals surface area contributed by atoms with Gasteiger partial charge in [0.15, 0.2) is 0 Å². The molecule has 7 heteroatoms. The van der Waals surface area contributed by atoms with E-state index >= 15 is 0 Å². The third-order valence-corrected chi connectivity index (χ3v) is 4.66. The van der Waals surface area contributed by atoms with Crippen molar-refractivity contribution in [3.63, 3.8) is 0 Å². The number of unbranched alkanes of at least 4 members (excludes halogenated alkanes) is 1. The van der Waals surface area contributed by atoms with Crippen molar-refractivity contribution >= 4 is 21.6 Å². The molecule has 0 unspecified atom stereocenters. The number of rotatable bonds is 8. The molecule has 0 atom stereocenters. The molecule has 0 N–H and O–H groups in total. The zero-order valence-corrected chi connectivity index (χ0v) is 14.6. The SMILES string of the molecule is CCCCN(C)C(=O)CCN(c1cccc(C#N)c1)S(C)(=O)=O. The van der Waals surface area contributed by atoms with Gasteiger partial charge in [0, 0.05) is 26.6 Å². The van der Waals surface area contributed by atoms with Crippen LogP contribution >= 0.6 is 0 Å². The molecular formula is C16H23N3O3S. The van der Waals surface area contributed by atoms with Gasteiger partial charge in [-0.05, 0) is 24.6 Å². The summed E-state index contributed by atoms with van der Waals surface area (Å²) < 4.78 is 25.2. The number of benzene rings is 1. The Kier molecular flexibility index (Phi) is 7.04. The molecule has 0 aliphatic rings. The molecule has 6 nitrogen and oxygen atoms in total. The molecule has 1 rings (SSSR count). The van der Waals surface area contributed by atoms with E-state index in [1.165, 1.54) is 10.4 Å². The summed E-state index contributed by atoms with van der Waals surface area (Å²) in [5.41, 5.74) is 0.776. The lowest BCUT2D eigenvalue weighted by Gasteiger charge is -2.24. The average Bonchev–Trinajstić information content (AvgIpc) is 2.51. The molecule has 0 bridgehead atoms. The van der Waals surface area contributed by atoms with Crippen LogP contribution in [-0.2, 0) is 14.8 Å². The highest BCUT2D eigenvalue weighted by Crippen LogP contribution is 2.19. The number of hydrogen-bond acceptors (Lipinski definition) is 4. The molecule has 1 amide bonds. The van der Waals surface area contributed by atoms with Crippen LogP contribution in [0.4, 0.5) is 5.69 Å². The third kappa shape index (κ3) is 5.91. The first-order chi connectivity index (χ1) is 10.8. The predicted octanol–water partition coefficient (Wildman–Crippen LogP) is 1.97. The van der Waals surface area contributed by atoms with Crippen molar-refractivity contribution in [2.24, 2.45) is 0 Å². The molecule has 0 heterocycles. The van der Waals surface area contributed by atoms with Gasteiger partial charge in [-0.2, -0.15) is 5.26 Å². The first kappa shape index (κ1) is 19.0. The van der Waals surface area contributed by atoms with Crippen LogP contribution in [0.15, 0.2) is 24.3 Å². The third-order valence-electron chi connectivity index (χ3n) is 3.47. The van der Waals surface area contributed by atoms with Crippen molar-refractivity contribution in [3.05, 3.63) is 29.8 Å². The predicted molar refractivity (Wildman–Crippen MR) is 90.5 cm³/mol. The van der Waals surface area contributed by atoms with Crippen LogP contribution in [0.2, 0.25) is 0 Å². The molecule has 0 aliphatic carbocycles. The maximum atomic E-state index is 12.1. The molecule has 0 aliphatic heterocycles. The fraction of sp³-hybridized carbons (Fsp3) is 0.500. The van der Waals surface area contributed by atoms with Gasteiger partial charge in [0.1, 0.15) is 0 Å². The number of nitrogens with zero attached hydrogens (tertiary/aromatic N) is 3. The molecule has 23 heavy (non-hydrogen) atoms. The number of carbonyl (C=O) groups is 1. The van der Waals surface area contributed by atoms with Gasteiger partial charge >= 0.3 is 0 Å². The molecule has 0 saturated heterocycles. The summed E-state index contributed by atoms with van der Waals surface area (Å²) in [5.74, 6) is -0.0939. The van der Waals surface area contributed by atoms with Gasteiger partial charge in [-0.25, -0.2) is 8.42 Å². The summed E-state index contributed by atoms with van der Waals surface area (Å²) in [7, 11) is -1.81. The fourth-order valence-electron chi connectivity index (χ4n) is 2.13. The van der Waals surface area contributed by atoms with Gasteiger partial charge in [0.05, 0.1) is 23.6 Å². The Morgan fingerprint density at radius 1 is 1.30 bits per heavy atom. The Labute approximate surface area is 138 Å². The summed E-state index contributed by atoms with van der Waals surface area (Å²) >= 11 is 0. The Morgan fingerprint density at radius 3 is 2.57 bits per heavy atom. The molecular weight excluding hydrogens is 314 g/mol. The number of sulfonamides is 1. The number of amides is 1.